The number of rotatable bonds is 5. The Balaban J connectivity index is 1.59. The Morgan fingerprint density at radius 1 is 1.27 bits per heavy atom. The predicted molar refractivity (Wildman–Crippen MR) is 78.0 cm³/mol. The summed E-state index contributed by atoms with van der Waals surface area (Å²) in [6, 6.07) is 13.7. The Morgan fingerprint density at radius 3 is 2.86 bits per heavy atom. The van der Waals surface area contributed by atoms with E-state index >= 15 is 0 Å². The lowest BCUT2D eigenvalue weighted by Crippen LogP contribution is -2.19. The Hall–Kier alpha value is -2.09. The van der Waals surface area contributed by atoms with Crippen molar-refractivity contribution in [1.82, 2.24) is 0 Å². The van der Waals surface area contributed by atoms with Gasteiger partial charge in [0.1, 0.15) is 5.82 Å². The van der Waals surface area contributed by atoms with E-state index in [1.54, 1.807) is 0 Å². The molecule has 1 heterocycles. The molecule has 0 aliphatic carbocycles. The standard InChI is InChI=1S/C15H14BFN2O3/c17-13-6-7-14(19-18)12(8-13)9-20-16-21-10-15(22-16)11-4-2-1-3-5-11/h1-8,15,18H,9-10H2. The fourth-order valence-electron chi connectivity index (χ4n) is 2.25. The average Bonchev–Trinajstić information content (AvgIpc) is 3.03. The second kappa shape index (κ2) is 6.78. The summed E-state index contributed by atoms with van der Waals surface area (Å²) in [5.41, 5.74) is 8.92. The van der Waals surface area contributed by atoms with Gasteiger partial charge in [-0.1, -0.05) is 30.3 Å². The van der Waals surface area contributed by atoms with Crippen LogP contribution in [-0.2, 0) is 20.6 Å². The first kappa shape index (κ1) is 14.8. The summed E-state index contributed by atoms with van der Waals surface area (Å²) in [6.07, 6.45) is -0.181. The van der Waals surface area contributed by atoms with E-state index in [0.29, 0.717) is 17.9 Å². The molecule has 1 fully saturated rings. The van der Waals surface area contributed by atoms with E-state index in [1.165, 1.54) is 18.2 Å². The van der Waals surface area contributed by atoms with Crippen molar-refractivity contribution in [2.75, 3.05) is 6.61 Å². The smallest absolute Gasteiger partial charge is 0.383 e. The van der Waals surface area contributed by atoms with Crippen molar-refractivity contribution in [2.45, 2.75) is 12.7 Å². The first-order valence-corrected chi connectivity index (χ1v) is 6.86. The minimum absolute atomic E-state index is 0.0572. The number of nitrogens with one attached hydrogen (secondary N) is 1. The zero-order chi connectivity index (χ0) is 15.4. The molecule has 0 radical (unpaired) electrons. The lowest BCUT2D eigenvalue weighted by molar-refractivity contribution is 0.153. The fourth-order valence-corrected chi connectivity index (χ4v) is 2.25. The molecule has 3 rings (SSSR count). The maximum Gasteiger partial charge on any atom is 0.640 e. The normalized spacial score (nSPS) is 17.7. The van der Waals surface area contributed by atoms with Crippen LogP contribution in [0.1, 0.15) is 17.2 Å². The minimum atomic E-state index is -0.813. The lowest BCUT2D eigenvalue weighted by atomic mass is 10.1. The highest BCUT2D eigenvalue weighted by Gasteiger charge is 2.34. The summed E-state index contributed by atoms with van der Waals surface area (Å²) in [5.74, 6) is -0.401. The van der Waals surface area contributed by atoms with E-state index in [1.807, 2.05) is 30.3 Å². The number of hydrogen-bond donors (Lipinski definition) is 1. The summed E-state index contributed by atoms with van der Waals surface area (Å²) in [4.78, 5) is 0. The highest BCUT2D eigenvalue weighted by Crippen LogP contribution is 2.26. The minimum Gasteiger partial charge on any atom is -0.383 e. The van der Waals surface area contributed by atoms with Gasteiger partial charge in [0, 0.05) is 5.56 Å². The maximum absolute atomic E-state index is 13.2. The van der Waals surface area contributed by atoms with Gasteiger partial charge in [-0.2, -0.15) is 5.11 Å². The van der Waals surface area contributed by atoms with Crippen LogP contribution < -0.4 is 0 Å². The summed E-state index contributed by atoms with van der Waals surface area (Å²) in [5, 5.41) is 3.34. The van der Waals surface area contributed by atoms with Gasteiger partial charge in [0.2, 0.25) is 0 Å². The van der Waals surface area contributed by atoms with Crippen LogP contribution in [0.2, 0.25) is 0 Å². The zero-order valence-electron chi connectivity index (χ0n) is 11.7. The molecule has 2 aromatic rings. The molecular weight excluding hydrogens is 286 g/mol. The average molecular weight is 300 g/mol. The van der Waals surface area contributed by atoms with Crippen LogP contribution in [0.4, 0.5) is 10.1 Å². The van der Waals surface area contributed by atoms with E-state index < -0.39 is 13.1 Å². The molecular formula is C15H14BFN2O3. The van der Waals surface area contributed by atoms with Crippen molar-refractivity contribution >= 4 is 13.0 Å². The van der Waals surface area contributed by atoms with Crippen LogP contribution >= 0.6 is 0 Å². The first-order valence-electron chi connectivity index (χ1n) is 6.86. The molecule has 2 aromatic carbocycles. The van der Waals surface area contributed by atoms with Gasteiger partial charge < -0.3 is 14.0 Å². The Kier molecular flexibility index (Phi) is 4.57. The van der Waals surface area contributed by atoms with Crippen LogP contribution in [0.25, 0.3) is 0 Å². The molecule has 112 valence electrons. The third-order valence-electron chi connectivity index (χ3n) is 3.37. The molecule has 1 saturated heterocycles. The van der Waals surface area contributed by atoms with Crippen LogP contribution in [0.3, 0.4) is 0 Å². The van der Waals surface area contributed by atoms with E-state index in [2.05, 4.69) is 5.11 Å². The van der Waals surface area contributed by atoms with Crippen LogP contribution in [0.15, 0.2) is 53.6 Å². The fraction of sp³-hybridized carbons (Fsp3) is 0.200. The lowest BCUT2D eigenvalue weighted by Gasteiger charge is -2.10. The molecule has 0 spiro atoms. The van der Waals surface area contributed by atoms with Crippen LogP contribution in [0, 0.1) is 11.3 Å². The molecule has 1 unspecified atom stereocenters. The molecule has 5 nitrogen and oxygen atoms in total. The van der Waals surface area contributed by atoms with Crippen molar-refractivity contribution in [1.29, 1.82) is 5.53 Å². The quantitative estimate of drug-likeness (QED) is 0.675. The first-order chi connectivity index (χ1) is 10.8. The predicted octanol–water partition coefficient (Wildman–Crippen LogP) is 3.78. The third kappa shape index (κ3) is 3.38. The number of hydrogen-bond acceptors (Lipinski definition) is 5. The number of halogens is 1. The highest BCUT2D eigenvalue weighted by atomic mass is 19.1. The molecule has 0 saturated carbocycles. The molecule has 7 heteroatoms. The molecule has 1 atom stereocenters. The molecule has 0 aromatic heterocycles. The van der Waals surface area contributed by atoms with E-state index in [-0.39, 0.29) is 12.7 Å². The van der Waals surface area contributed by atoms with Crippen molar-refractivity contribution in [2.24, 2.45) is 5.11 Å². The summed E-state index contributed by atoms with van der Waals surface area (Å²) >= 11 is 0. The molecule has 0 bridgehead atoms. The molecule has 1 aliphatic heterocycles. The van der Waals surface area contributed by atoms with E-state index in [4.69, 9.17) is 19.5 Å². The van der Waals surface area contributed by atoms with Gasteiger partial charge in [-0.3, -0.25) is 0 Å². The molecule has 1 N–H and O–H groups in total. The van der Waals surface area contributed by atoms with Gasteiger partial charge in [0.15, 0.2) is 0 Å². The second-order valence-electron chi connectivity index (χ2n) is 4.85. The Bertz CT molecular complexity index is 656. The van der Waals surface area contributed by atoms with Crippen molar-refractivity contribution in [3.8, 4) is 0 Å². The molecule has 1 aliphatic rings. The number of benzene rings is 2. The Labute approximate surface area is 127 Å². The van der Waals surface area contributed by atoms with E-state index in [0.717, 1.165) is 5.56 Å². The van der Waals surface area contributed by atoms with Gasteiger partial charge >= 0.3 is 7.32 Å². The van der Waals surface area contributed by atoms with Gasteiger partial charge in [0.05, 0.1) is 25.0 Å². The maximum atomic E-state index is 13.2. The van der Waals surface area contributed by atoms with Crippen LogP contribution in [-0.4, -0.2) is 13.9 Å². The van der Waals surface area contributed by atoms with E-state index in [9.17, 15) is 4.39 Å². The van der Waals surface area contributed by atoms with Gasteiger partial charge in [-0.05, 0) is 23.8 Å². The third-order valence-corrected chi connectivity index (χ3v) is 3.37. The van der Waals surface area contributed by atoms with Crippen molar-refractivity contribution in [3.05, 3.63) is 65.5 Å². The van der Waals surface area contributed by atoms with Gasteiger partial charge in [-0.25, -0.2) is 9.92 Å². The van der Waals surface area contributed by atoms with Crippen LogP contribution in [0.5, 0.6) is 0 Å². The Morgan fingerprint density at radius 2 is 2.09 bits per heavy atom. The van der Waals surface area contributed by atoms with Crippen molar-refractivity contribution < 1.29 is 18.4 Å². The summed E-state index contributed by atoms with van der Waals surface area (Å²) in [7, 11) is -0.813. The SMILES string of the molecule is N=Nc1ccc(F)cc1COB1OCC(c2ccccc2)O1. The summed E-state index contributed by atoms with van der Waals surface area (Å²) in [6.45, 7) is 0.454. The zero-order valence-corrected chi connectivity index (χ0v) is 11.7. The van der Waals surface area contributed by atoms with Crippen molar-refractivity contribution in [3.63, 3.8) is 0 Å². The monoisotopic (exact) mass is 300 g/mol. The largest absolute Gasteiger partial charge is 0.640 e. The van der Waals surface area contributed by atoms with Gasteiger partial charge in [-0.15, -0.1) is 0 Å². The second-order valence-corrected chi connectivity index (χ2v) is 4.85. The summed E-state index contributed by atoms with van der Waals surface area (Å²) < 4.78 is 29.8. The topological polar surface area (TPSA) is 63.9 Å². The molecule has 22 heavy (non-hydrogen) atoms. The highest BCUT2D eigenvalue weighted by molar-refractivity contribution is 6.37. The number of nitrogens with zero attached hydrogens (tertiary/aromatic N) is 1. The van der Waals surface area contributed by atoms with Gasteiger partial charge in [0.25, 0.3) is 0 Å². The molecule has 0 amide bonds.